The summed E-state index contributed by atoms with van der Waals surface area (Å²) in [4.78, 5) is 6.76. The van der Waals surface area contributed by atoms with E-state index in [2.05, 4.69) is 20.3 Å². The van der Waals surface area contributed by atoms with Gasteiger partial charge in [0.25, 0.3) is 0 Å². The lowest BCUT2D eigenvalue weighted by Crippen LogP contribution is -2.34. The van der Waals surface area contributed by atoms with Gasteiger partial charge < -0.3 is 5.32 Å². The third kappa shape index (κ3) is 3.51. The van der Waals surface area contributed by atoms with Gasteiger partial charge in [0.05, 0.1) is 6.54 Å². The summed E-state index contributed by atoms with van der Waals surface area (Å²) in [6, 6.07) is 0. The summed E-state index contributed by atoms with van der Waals surface area (Å²) in [7, 11) is 3.99. The van der Waals surface area contributed by atoms with Gasteiger partial charge in [0.2, 0.25) is 0 Å². The number of hydrogen-bond donors (Lipinski definition) is 1. The molecule has 17 heavy (non-hydrogen) atoms. The molecule has 0 amide bonds. The fourth-order valence-corrected chi connectivity index (χ4v) is 2.44. The summed E-state index contributed by atoms with van der Waals surface area (Å²) in [5.41, 5.74) is 0. The van der Waals surface area contributed by atoms with Crippen molar-refractivity contribution in [3.05, 3.63) is 12.2 Å². The van der Waals surface area contributed by atoms with Gasteiger partial charge in [0.15, 0.2) is 0 Å². The molecule has 5 heteroatoms. The van der Waals surface area contributed by atoms with Crippen LogP contribution in [0.2, 0.25) is 0 Å². The number of aromatic nitrogens is 3. The first-order valence-corrected chi connectivity index (χ1v) is 6.49. The predicted octanol–water partition coefficient (Wildman–Crippen LogP) is 0.637. The third-order valence-electron chi connectivity index (χ3n) is 3.68. The highest BCUT2D eigenvalue weighted by atomic mass is 15.3. The monoisotopic (exact) mass is 237 g/mol. The molecule has 0 aliphatic carbocycles. The van der Waals surface area contributed by atoms with Crippen LogP contribution >= 0.6 is 0 Å². The summed E-state index contributed by atoms with van der Waals surface area (Å²) in [5, 5.41) is 7.34. The second-order valence-corrected chi connectivity index (χ2v) is 4.91. The number of rotatable bonds is 5. The number of likely N-dealkylation sites (tertiary alicyclic amines) is 1. The number of nitrogens with zero attached hydrogens (tertiary/aromatic N) is 4. The van der Waals surface area contributed by atoms with Gasteiger partial charge in [-0.1, -0.05) is 0 Å². The molecule has 1 fully saturated rings. The summed E-state index contributed by atoms with van der Waals surface area (Å²) in [6.45, 7) is 4.48. The van der Waals surface area contributed by atoms with Crippen LogP contribution in [0, 0.1) is 5.92 Å². The Hall–Kier alpha value is -0.940. The van der Waals surface area contributed by atoms with Crippen LogP contribution in [0.4, 0.5) is 0 Å². The fraction of sp³-hybridized carbons (Fsp3) is 0.833. The standard InChI is InChI=1S/C12H23N5/c1-13-6-3-11-4-7-17(8-5-11)9-12-14-10-15-16(12)2/h10-11,13H,3-9H2,1-2H3. The van der Waals surface area contributed by atoms with Crippen molar-refractivity contribution in [2.75, 3.05) is 26.7 Å². The lowest BCUT2D eigenvalue weighted by molar-refractivity contribution is 0.167. The molecule has 0 bridgehead atoms. The van der Waals surface area contributed by atoms with Crippen LogP contribution in [0.15, 0.2) is 6.33 Å². The van der Waals surface area contributed by atoms with E-state index in [0.717, 1.165) is 24.8 Å². The van der Waals surface area contributed by atoms with Crippen LogP contribution in [0.1, 0.15) is 25.1 Å². The minimum Gasteiger partial charge on any atom is -0.320 e. The first kappa shape index (κ1) is 12.5. The van der Waals surface area contributed by atoms with Crippen molar-refractivity contribution in [2.24, 2.45) is 13.0 Å². The highest BCUT2D eigenvalue weighted by Crippen LogP contribution is 2.20. The highest BCUT2D eigenvalue weighted by Gasteiger charge is 2.19. The molecule has 0 atom stereocenters. The molecular weight excluding hydrogens is 214 g/mol. The van der Waals surface area contributed by atoms with Gasteiger partial charge in [0, 0.05) is 7.05 Å². The molecule has 1 N–H and O–H groups in total. The van der Waals surface area contributed by atoms with Gasteiger partial charge >= 0.3 is 0 Å². The van der Waals surface area contributed by atoms with E-state index in [9.17, 15) is 0 Å². The molecule has 96 valence electrons. The van der Waals surface area contributed by atoms with Gasteiger partial charge in [0.1, 0.15) is 12.2 Å². The zero-order chi connectivity index (χ0) is 12.1. The average molecular weight is 237 g/mol. The second-order valence-electron chi connectivity index (χ2n) is 4.91. The molecule has 1 aromatic rings. The Morgan fingerprint density at radius 1 is 1.41 bits per heavy atom. The quantitative estimate of drug-likeness (QED) is 0.816. The molecule has 5 nitrogen and oxygen atoms in total. The van der Waals surface area contributed by atoms with E-state index in [1.54, 1.807) is 6.33 Å². The van der Waals surface area contributed by atoms with E-state index in [4.69, 9.17) is 0 Å². The van der Waals surface area contributed by atoms with Crippen molar-refractivity contribution in [3.63, 3.8) is 0 Å². The summed E-state index contributed by atoms with van der Waals surface area (Å²) >= 11 is 0. The Balaban J connectivity index is 1.74. The summed E-state index contributed by atoms with van der Waals surface area (Å²) < 4.78 is 1.87. The number of nitrogens with one attached hydrogen (secondary N) is 1. The van der Waals surface area contributed by atoms with Crippen LogP contribution in [0.3, 0.4) is 0 Å². The molecule has 1 aliphatic heterocycles. The van der Waals surface area contributed by atoms with E-state index < -0.39 is 0 Å². The van der Waals surface area contributed by atoms with E-state index >= 15 is 0 Å². The Morgan fingerprint density at radius 3 is 2.76 bits per heavy atom. The second kappa shape index (κ2) is 6.12. The SMILES string of the molecule is CNCCC1CCN(Cc2ncnn2C)CC1. The van der Waals surface area contributed by atoms with Gasteiger partial charge in [-0.25, -0.2) is 4.98 Å². The van der Waals surface area contributed by atoms with Crippen LogP contribution in [-0.2, 0) is 13.6 Å². The minimum atomic E-state index is 0.901. The molecule has 2 rings (SSSR count). The molecule has 1 aromatic heterocycles. The van der Waals surface area contributed by atoms with Crippen molar-refractivity contribution in [3.8, 4) is 0 Å². The smallest absolute Gasteiger partial charge is 0.140 e. The largest absolute Gasteiger partial charge is 0.320 e. The lowest BCUT2D eigenvalue weighted by atomic mass is 9.93. The summed E-state index contributed by atoms with van der Waals surface area (Å²) in [5.74, 6) is 1.97. The van der Waals surface area contributed by atoms with Gasteiger partial charge in [-0.15, -0.1) is 0 Å². The van der Waals surface area contributed by atoms with Crippen molar-refractivity contribution >= 4 is 0 Å². The molecule has 0 aromatic carbocycles. The molecule has 0 radical (unpaired) electrons. The normalized spacial score (nSPS) is 18.7. The predicted molar refractivity (Wildman–Crippen MR) is 67.5 cm³/mol. The van der Waals surface area contributed by atoms with Crippen LogP contribution in [-0.4, -0.2) is 46.3 Å². The molecule has 1 aliphatic rings. The Bertz CT molecular complexity index is 327. The maximum atomic E-state index is 4.28. The molecule has 0 saturated carbocycles. The van der Waals surface area contributed by atoms with E-state index in [1.165, 1.54) is 32.4 Å². The highest BCUT2D eigenvalue weighted by molar-refractivity contribution is 4.85. The topological polar surface area (TPSA) is 46.0 Å². The number of piperidine rings is 1. The van der Waals surface area contributed by atoms with Crippen molar-refractivity contribution < 1.29 is 0 Å². The van der Waals surface area contributed by atoms with Crippen molar-refractivity contribution in [1.82, 2.24) is 25.0 Å². The van der Waals surface area contributed by atoms with Crippen molar-refractivity contribution in [2.45, 2.75) is 25.8 Å². The molecule has 2 heterocycles. The number of aryl methyl sites for hydroxylation is 1. The zero-order valence-corrected chi connectivity index (χ0v) is 10.9. The average Bonchev–Trinajstić information content (AvgIpc) is 2.74. The van der Waals surface area contributed by atoms with E-state index in [1.807, 2.05) is 18.8 Å². The Labute approximate surface area is 103 Å². The molecule has 0 unspecified atom stereocenters. The fourth-order valence-electron chi connectivity index (χ4n) is 2.44. The van der Waals surface area contributed by atoms with Crippen LogP contribution in [0.25, 0.3) is 0 Å². The van der Waals surface area contributed by atoms with Gasteiger partial charge in [-0.2, -0.15) is 5.10 Å². The van der Waals surface area contributed by atoms with Crippen LogP contribution < -0.4 is 5.32 Å². The Morgan fingerprint density at radius 2 is 2.18 bits per heavy atom. The number of hydrogen-bond acceptors (Lipinski definition) is 4. The minimum absolute atomic E-state index is 0.901. The third-order valence-corrected chi connectivity index (χ3v) is 3.68. The first-order valence-electron chi connectivity index (χ1n) is 6.49. The van der Waals surface area contributed by atoms with Crippen molar-refractivity contribution in [1.29, 1.82) is 0 Å². The van der Waals surface area contributed by atoms with Crippen LogP contribution in [0.5, 0.6) is 0 Å². The first-order chi connectivity index (χ1) is 8.29. The van der Waals surface area contributed by atoms with E-state index in [0.29, 0.717) is 0 Å². The molecule has 0 spiro atoms. The Kier molecular flexibility index (Phi) is 4.50. The zero-order valence-electron chi connectivity index (χ0n) is 10.9. The van der Waals surface area contributed by atoms with E-state index in [-0.39, 0.29) is 0 Å². The molecular formula is C12H23N5. The lowest BCUT2D eigenvalue weighted by Gasteiger charge is -2.31. The van der Waals surface area contributed by atoms with Gasteiger partial charge in [-0.05, 0) is 51.9 Å². The maximum absolute atomic E-state index is 4.28. The molecule has 1 saturated heterocycles. The summed E-state index contributed by atoms with van der Waals surface area (Å²) in [6.07, 6.45) is 5.59. The van der Waals surface area contributed by atoms with Gasteiger partial charge in [-0.3, -0.25) is 9.58 Å². The maximum Gasteiger partial charge on any atom is 0.140 e.